The largest absolute Gasteiger partial charge is 0.507 e. The molecule has 0 aliphatic rings. The molecule has 9 rings (SSSR count). The van der Waals surface area contributed by atoms with Crippen molar-refractivity contribution in [3.63, 3.8) is 0 Å². The molecule has 0 radical (unpaired) electrons. The van der Waals surface area contributed by atoms with E-state index in [0.29, 0.717) is 22.5 Å². The van der Waals surface area contributed by atoms with E-state index in [4.69, 9.17) is 9.98 Å². The van der Waals surface area contributed by atoms with Crippen molar-refractivity contribution in [2.24, 2.45) is 9.98 Å². The van der Waals surface area contributed by atoms with Crippen LogP contribution in [0.4, 0.5) is 45.5 Å². The summed E-state index contributed by atoms with van der Waals surface area (Å²) < 4.78 is 0. The number of hydrogen-bond donors (Lipinski definition) is 2. The van der Waals surface area contributed by atoms with E-state index in [1.807, 2.05) is 72.8 Å². The van der Waals surface area contributed by atoms with Gasteiger partial charge in [-0.3, -0.25) is 9.98 Å². The highest BCUT2D eigenvalue weighted by molar-refractivity contribution is 5.92. The highest BCUT2D eigenvalue weighted by atomic mass is 16.3. The van der Waals surface area contributed by atoms with E-state index in [0.717, 1.165) is 78.6 Å². The first kappa shape index (κ1) is 42.8. The first-order chi connectivity index (χ1) is 32.2. The Balaban J connectivity index is 0.932. The van der Waals surface area contributed by atoms with Gasteiger partial charge in [0, 0.05) is 57.7 Å². The fourth-order valence-electron chi connectivity index (χ4n) is 8.83. The van der Waals surface area contributed by atoms with Gasteiger partial charge in [0.15, 0.2) is 0 Å². The van der Waals surface area contributed by atoms with Gasteiger partial charge in [-0.2, -0.15) is 0 Å². The third kappa shape index (κ3) is 9.12. The van der Waals surface area contributed by atoms with Gasteiger partial charge < -0.3 is 20.0 Å². The van der Waals surface area contributed by atoms with E-state index in [9.17, 15) is 10.2 Å². The summed E-state index contributed by atoms with van der Waals surface area (Å²) in [6.45, 7) is 8.46. The van der Waals surface area contributed by atoms with Crippen LogP contribution in [0.25, 0.3) is 22.3 Å². The van der Waals surface area contributed by atoms with Crippen LogP contribution >= 0.6 is 0 Å². The van der Waals surface area contributed by atoms with E-state index in [-0.39, 0.29) is 11.5 Å². The number of phenolic OH excluding ortho intramolecular Hbond substituents is 2. The van der Waals surface area contributed by atoms with Crippen molar-refractivity contribution < 1.29 is 10.2 Å². The molecule has 0 aliphatic carbocycles. The molecule has 0 aliphatic heterocycles. The lowest BCUT2D eigenvalue weighted by Crippen LogP contribution is -2.10. The van der Waals surface area contributed by atoms with E-state index in [1.54, 1.807) is 24.6 Å². The number of phenols is 2. The van der Waals surface area contributed by atoms with Crippen LogP contribution in [0.15, 0.2) is 216 Å². The zero-order valence-corrected chi connectivity index (χ0v) is 37.5. The molecular formula is C60H50N4O2. The molecular weight excluding hydrogens is 809 g/mol. The standard InChI is InChI=1S/C60H50N4O2/c1-41-33-53(63(49-19-9-5-10-20-49)50-21-11-6-12-22-50)34-42(2)59(41)45-29-31-47(57(65)37-45)39-61-55-27-17-18-28-56(55)62-40-48-32-30-46(38-58(48)66)60-43(3)35-54(36-44(60)4)64(51-23-13-7-14-24-51)52-25-15-8-16-26-52/h5-40,65-66H,1-4H3. The Hall–Kier alpha value is -8.48. The maximum absolute atomic E-state index is 11.3. The lowest BCUT2D eigenvalue weighted by atomic mass is 9.93. The maximum Gasteiger partial charge on any atom is 0.124 e. The summed E-state index contributed by atoms with van der Waals surface area (Å²) >= 11 is 0. The lowest BCUT2D eigenvalue weighted by Gasteiger charge is -2.27. The minimum absolute atomic E-state index is 0.130. The predicted octanol–water partition coefficient (Wildman–Crippen LogP) is 16.1. The van der Waals surface area contributed by atoms with Crippen molar-refractivity contribution in [3.05, 3.63) is 240 Å². The molecule has 0 fully saturated rings. The molecule has 0 heterocycles. The topological polar surface area (TPSA) is 71.7 Å². The number of aliphatic imine (C=N–C) groups is 2. The zero-order chi connectivity index (χ0) is 45.6. The minimum Gasteiger partial charge on any atom is -0.507 e. The van der Waals surface area contributed by atoms with E-state index >= 15 is 0 Å². The number of nitrogens with zero attached hydrogens (tertiary/aromatic N) is 4. The van der Waals surface area contributed by atoms with E-state index in [1.165, 1.54) is 0 Å². The molecule has 0 amide bonds. The van der Waals surface area contributed by atoms with Crippen LogP contribution in [0.5, 0.6) is 11.5 Å². The van der Waals surface area contributed by atoms with Gasteiger partial charge >= 0.3 is 0 Å². The van der Waals surface area contributed by atoms with E-state index in [2.05, 4.69) is 159 Å². The van der Waals surface area contributed by atoms with Crippen molar-refractivity contribution in [2.75, 3.05) is 9.80 Å². The summed E-state index contributed by atoms with van der Waals surface area (Å²) in [5.74, 6) is 0.260. The minimum atomic E-state index is 0.130. The third-order valence-corrected chi connectivity index (χ3v) is 11.8. The monoisotopic (exact) mass is 858 g/mol. The summed E-state index contributed by atoms with van der Waals surface area (Å²) in [6, 6.07) is 69.3. The van der Waals surface area contributed by atoms with Gasteiger partial charge in [-0.1, -0.05) is 97.1 Å². The molecule has 0 atom stereocenters. The maximum atomic E-state index is 11.3. The molecule has 0 spiro atoms. The Morgan fingerprint density at radius 2 is 0.621 bits per heavy atom. The second-order valence-corrected chi connectivity index (χ2v) is 16.5. The summed E-state index contributed by atoms with van der Waals surface area (Å²) in [5.41, 5.74) is 17.3. The molecule has 6 nitrogen and oxygen atoms in total. The quantitative estimate of drug-likeness (QED) is 0.120. The molecule has 0 bridgehead atoms. The van der Waals surface area contributed by atoms with Crippen LogP contribution in [-0.2, 0) is 0 Å². The van der Waals surface area contributed by atoms with Gasteiger partial charge in [0.05, 0.1) is 11.4 Å². The number of benzene rings is 9. The van der Waals surface area contributed by atoms with Crippen molar-refractivity contribution in [1.29, 1.82) is 0 Å². The van der Waals surface area contributed by atoms with Crippen molar-refractivity contribution in [1.82, 2.24) is 0 Å². The molecule has 2 N–H and O–H groups in total. The summed E-state index contributed by atoms with van der Waals surface area (Å²) in [5, 5.41) is 22.6. The fraction of sp³-hybridized carbons (Fsp3) is 0.0667. The van der Waals surface area contributed by atoms with Gasteiger partial charge in [-0.05, 0) is 181 Å². The van der Waals surface area contributed by atoms with Gasteiger partial charge in [-0.15, -0.1) is 0 Å². The second kappa shape index (κ2) is 19.1. The zero-order valence-electron chi connectivity index (χ0n) is 37.5. The average Bonchev–Trinajstić information content (AvgIpc) is 3.32. The molecule has 0 aromatic heterocycles. The fourth-order valence-corrected chi connectivity index (χ4v) is 8.83. The van der Waals surface area contributed by atoms with Crippen molar-refractivity contribution >= 4 is 57.9 Å². The second-order valence-electron chi connectivity index (χ2n) is 16.5. The van der Waals surface area contributed by atoms with Gasteiger partial charge in [0.1, 0.15) is 11.5 Å². The van der Waals surface area contributed by atoms with Gasteiger partial charge in [-0.25, -0.2) is 0 Å². The van der Waals surface area contributed by atoms with Gasteiger partial charge in [0.2, 0.25) is 0 Å². The molecule has 0 saturated heterocycles. The molecule has 66 heavy (non-hydrogen) atoms. The Bertz CT molecular complexity index is 2860. The van der Waals surface area contributed by atoms with Crippen LogP contribution in [0.3, 0.4) is 0 Å². The molecule has 6 heteroatoms. The van der Waals surface area contributed by atoms with Crippen molar-refractivity contribution in [3.8, 4) is 33.8 Å². The van der Waals surface area contributed by atoms with Crippen LogP contribution in [0.1, 0.15) is 33.4 Å². The third-order valence-electron chi connectivity index (χ3n) is 11.8. The first-order valence-corrected chi connectivity index (χ1v) is 22.1. The predicted molar refractivity (Wildman–Crippen MR) is 276 cm³/mol. The highest BCUT2D eigenvalue weighted by Gasteiger charge is 2.18. The van der Waals surface area contributed by atoms with Crippen molar-refractivity contribution in [2.45, 2.75) is 27.7 Å². The summed E-state index contributed by atoms with van der Waals surface area (Å²) in [6.07, 6.45) is 3.32. The molecule has 322 valence electrons. The Morgan fingerprint density at radius 3 is 0.909 bits per heavy atom. The van der Waals surface area contributed by atoms with Gasteiger partial charge in [0.25, 0.3) is 0 Å². The number of para-hydroxylation sites is 6. The molecule has 9 aromatic rings. The number of anilines is 6. The molecule has 9 aromatic carbocycles. The Morgan fingerprint density at radius 1 is 0.333 bits per heavy atom. The summed E-state index contributed by atoms with van der Waals surface area (Å²) in [7, 11) is 0. The van der Waals surface area contributed by atoms with Crippen LogP contribution in [0.2, 0.25) is 0 Å². The Kier molecular flexibility index (Phi) is 12.4. The average molecular weight is 859 g/mol. The highest BCUT2D eigenvalue weighted by Crippen LogP contribution is 2.42. The molecule has 0 saturated carbocycles. The van der Waals surface area contributed by atoms with Crippen LogP contribution < -0.4 is 9.80 Å². The molecule has 0 unspecified atom stereocenters. The number of aromatic hydroxyl groups is 2. The van der Waals surface area contributed by atoms with Crippen LogP contribution in [0, 0.1) is 27.7 Å². The van der Waals surface area contributed by atoms with Crippen LogP contribution in [-0.4, -0.2) is 22.6 Å². The number of rotatable bonds is 12. The SMILES string of the molecule is Cc1cc(N(c2ccccc2)c2ccccc2)cc(C)c1-c1ccc(C=Nc2ccccc2N=Cc2ccc(-c3c(C)cc(N(c4ccccc4)c4ccccc4)cc3C)cc2O)c(O)c1. The number of aryl methyl sites for hydroxylation is 4. The normalized spacial score (nSPS) is 11.3. The lowest BCUT2D eigenvalue weighted by molar-refractivity contribution is 0.474. The Labute approximate surface area is 387 Å². The first-order valence-electron chi connectivity index (χ1n) is 22.1. The summed E-state index contributed by atoms with van der Waals surface area (Å²) in [4.78, 5) is 14.0. The smallest absolute Gasteiger partial charge is 0.124 e. The van der Waals surface area contributed by atoms with E-state index < -0.39 is 0 Å². The number of hydrogen-bond acceptors (Lipinski definition) is 6.